The Morgan fingerprint density at radius 1 is 1.17 bits per heavy atom. The number of amides is 1. The number of carbonyl (C=O) groups excluding carboxylic acids is 2. The van der Waals surface area contributed by atoms with Crippen LogP contribution in [0, 0.1) is 11.3 Å². The lowest BCUT2D eigenvalue weighted by molar-refractivity contribution is -0.126. The molecule has 1 aliphatic rings. The van der Waals surface area contributed by atoms with E-state index in [0.717, 1.165) is 17.7 Å². The van der Waals surface area contributed by atoms with Crippen LogP contribution in [0.15, 0.2) is 48.5 Å². The van der Waals surface area contributed by atoms with E-state index in [1.807, 2.05) is 30.3 Å². The van der Waals surface area contributed by atoms with Gasteiger partial charge in [0.25, 0.3) is 5.91 Å². The molecule has 0 aromatic heterocycles. The second kappa shape index (κ2) is 6.55. The zero-order chi connectivity index (χ0) is 17.1. The molecule has 0 radical (unpaired) electrons. The number of carbonyl (C=O) groups is 2. The summed E-state index contributed by atoms with van der Waals surface area (Å²) >= 11 is 0. The molecule has 120 valence electrons. The van der Waals surface area contributed by atoms with E-state index < -0.39 is 12.1 Å². The number of nitriles is 1. The molecule has 1 amide bonds. The first kappa shape index (κ1) is 15.8. The van der Waals surface area contributed by atoms with Gasteiger partial charge in [0.05, 0.1) is 17.2 Å². The van der Waals surface area contributed by atoms with E-state index in [0.29, 0.717) is 17.7 Å². The van der Waals surface area contributed by atoms with Gasteiger partial charge in [-0.05, 0) is 49.2 Å². The molecule has 1 aliphatic heterocycles. The third-order valence-corrected chi connectivity index (χ3v) is 4.03. The van der Waals surface area contributed by atoms with Crippen molar-refractivity contribution in [2.24, 2.45) is 0 Å². The zero-order valence-electron chi connectivity index (χ0n) is 13.2. The molecule has 0 aliphatic carbocycles. The van der Waals surface area contributed by atoms with Crippen LogP contribution < -0.4 is 4.90 Å². The summed E-state index contributed by atoms with van der Waals surface area (Å²) in [6, 6.07) is 15.8. The lowest BCUT2D eigenvalue weighted by atomic mass is 10.1. The van der Waals surface area contributed by atoms with Gasteiger partial charge in [-0.25, -0.2) is 4.79 Å². The molecule has 0 unspecified atom stereocenters. The van der Waals surface area contributed by atoms with Crippen LogP contribution in [0.4, 0.5) is 5.69 Å². The minimum atomic E-state index is -0.876. The van der Waals surface area contributed by atoms with Crippen molar-refractivity contribution in [1.29, 1.82) is 5.26 Å². The van der Waals surface area contributed by atoms with Crippen LogP contribution in [-0.4, -0.2) is 24.5 Å². The fraction of sp³-hybridized carbons (Fsp3) is 0.211. The fourth-order valence-corrected chi connectivity index (χ4v) is 2.75. The van der Waals surface area contributed by atoms with E-state index in [1.54, 1.807) is 24.0 Å². The van der Waals surface area contributed by atoms with Crippen molar-refractivity contribution in [2.75, 3.05) is 11.4 Å². The van der Waals surface area contributed by atoms with Gasteiger partial charge in [-0.1, -0.05) is 18.2 Å². The standard InChI is InChI=1S/C19H16N2O3/c1-13(24-19(23)16-8-6-14(12-20)7-9-16)18(22)21-11-10-15-4-2-3-5-17(15)21/h2-9,13H,10-11H2,1H3/t13-/m1/s1. The summed E-state index contributed by atoms with van der Waals surface area (Å²) in [6.07, 6.45) is -0.0719. The minimum Gasteiger partial charge on any atom is -0.449 e. The van der Waals surface area contributed by atoms with Crippen LogP contribution in [0.3, 0.4) is 0 Å². The number of esters is 1. The molecule has 5 heteroatoms. The Bertz CT molecular complexity index is 821. The second-order valence-electron chi connectivity index (χ2n) is 5.61. The van der Waals surface area contributed by atoms with Crippen LogP contribution in [-0.2, 0) is 16.0 Å². The van der Waals surface area contributed by atoms with Crippen molar-refractivity contribution < 1.29 is 14.3 Å². The molecule has 0 spiro atoms. The number of nitrogens with zero attached hydrogens (tertiary/aromatic N) is 2. The Balaban J connectivity index is 1.68. The monoisotopic (exact) mass is 320 g/mol. The van der Waals surface area contributed by atoms with Crippen LogP contribution in [0.5, 0.6) is 0 Å². The predicted molar refractivity (Wildman–Crippen MR) is 88.5 cm³/mol. The van der Waals surface area contributed by atoms with Crippen molar-refractivity contribution in [3.63, 3.8) is 0 Å². The maximum absolute atomic E-state index is 12.6. The third kappa shape index (κ3) is 2.99. The topological polar surface area (TPSA) is 70.4 Å². The molecular weight excluding hydrogens is 304 g/mol. The summed E-state index contributed by atoms with van der Waals surface area (Å²) in [4.78, 5) is 26.4. The number of para-hydroxylation sites is 1. The molecule has 1 heterocycles. The van der Waals surface area contributed by atoms with Crippen molar-refractivity contribution in [3.05, 3.63) is 65.2 Å². The second-order valence-corrected chi connectivity index (χ2v) is 5.61. The van der Waals surface area contributed by atoms with Crippen molar-refractivity contribution in [1.82, 2.24) is 0 Å². The molecule has 0 saturated carbocycles. The van der Waals surface area contributed by atoms with Gasteiger partial charge in [-0.15, -0.1) is 0 Å². The smallest absolute Gasteiger partial charge is 0.338 e. The maximum Gasteiger partial charge on any atom is 0.338 e. The highest BCUT2D eigenvalue weighted by molar-refractivity contribution is 6.00. The maximum atomic E-state index is 12.6. The average molecular weight is 320 g/mol. The van der Waals surface area contributed by atoms with Gasteiger partial charge in [-0.3, -0.25) is 4.79 Å². The molecule has 0 saturated heterocycles. The molecule has 2 aromatic rings. The van der Waals surface area contributed by atoms with Crippen LogP contribution in [0.25, 0.3) is 0 Å². The molecular formula is C19H16N2O3. The number of anilines is 1. The Morgan fingerprint density at radius 3 is 2.58 bits per heavy atom. The van der Waals surface area contributed by atoms with E-state index >= 15 is 0 Å². The number of hydrogen-bond acceptors (Lipinski definition) is 4. The molecule has 3 rings (SSSR count). The number of hydrogen-bond donors (Lipinski definition) is 0. The predicted octanol–water partition coefficient (Wildman–Crippen LogP) is 2.69. The lowest BCUT2D eigenvalue weighted by Gasteiger charge is -2.21. The first-order valence-corrected chi connectivity index (χ1v) is 7.70. The van der Waals surface area contributed by atoms with Gasteiger partial charge in [0.15, 0.2) is 6.10 Å². The number of rotatable bonds is 3. The summed E-state index contributed by atoms with van der Waals surface area (Å²) in [6.45, 7) is 2.17. The van der Waals surface area contributed by atoms with E-state index in [1.165, 1.54) is 12.1 Å². The molecule has 24 heavy (non-hydrogen) atoms. The normalized spacial score (nSPS) is 13.8. The number of benzene rings is 2. The molecule has 0 fully saturated rings. The van der Waals surface area contributed by atoms with Crippen LogP contribution in [0.2, 0.25) is 0 Å². The van der Waals surface area contributed by atoms with E-state index in [2.05, 4.69) is 0 Å². The molecule has 5 nitrogen and oxygen atoms in total. The fourth-order valence-electron chi connectivity index (χ4n) is 2.75. The van der Waals surface area contributed by atoms with E-state index in [4.69, 9.17) is 10.00 Å². The lowest BCUT2D eigenvalue weighted by Crippen LogP contribution is -2.39. The van der Waals surface area contributed by atoms with Crippen molar-refractivity contribution in [2.45, 2.75) is 19.4 Å². The summed E-state index contributed by atoms with van der Waals surface area (Å²) in [5.41, 5.74) is 2.78. The Kier molecular flexibility index (Phi) is 4.30. The highest BCUT2D eigenvalue weighted by Crippen LogP contribution is 2.28. The summed E-state index contributed by atoms with van der Waals surface area (Å²) in [5.74, 6) is -0.810. The van der Waals surface area contributed by atoms with E-state index in [9.17, 15) is 9.59 Å². The molecule has 1 atom stereocenters. The SMILES string of the molecule is C[C@@H](OC(=O)c1ccc(C#N)cc1)C(=O)N1CCc2ccccc21. The minimum absolute atomic E-state index is 0.234. The quantitative estimate of drug-likeness (QED) is 0.815. The summed E-state index contributed by atoms with van der Waals surface area (Å²) < 4.78 is 5.29. The van der Waals surface area contributed by atoms with Gasteiger partial charge in [0.2, 0.25) is 0 Å². The van der Waals surface area contributed by atoms with Gasteiger partial charge >= 0.3 is 5.97 Å². The Hall–Kier alpha value is -3.13. The molecule has 0 N–H and O–H groups in total. The first-order valence-electron chi connectivity index (χ1n) is 7.70. The Labute approximate surface area is 140 Å². The van der Waals surface area contributed by atoms with E-state index in [-0.39, 0.29) is 5.91 Å². The summed E-state index contributed by atoms with van der Waals surface area (Å²) in [7, 11) is 0. The number of fused-ring (bicyclic) bond motifs is 1. The van der Waals surface area contributed by atoms with Crippen LogP contribution >= 0.6 is 0 Å². The van der Waals surface area contributed by atoms with Crippen molar-refractivity contribution in [3.8, 4) is 6.07 Å². The van der Waals surface area contributed by atoms with Gasteiger partial charge in [0.1, 0.15) is 0 Å². The van der Waals surface area contributed by atoms with Gasteiger partial charge < -0.3 is 9.64 Å². The first-order chi connectivity index (χ1) is 11.6. The highest BCUT2D eigenvalue weighted by atomic mass is 16.5. The van der Waals surface area contributed by atoms with Crippen LogP contribution in [0.1, 0.15) is 28.4 Å². The average Bonchev–Trinajstić information content (AvgIpc) is 3.05. The molecule has 0 bridgehead atoms. The summed E-state index contributed by atoms with van der Waals surface area (Å²) in [5, 5.41) is 8.77. The number of ether oxygens (including phenoxy) is 1. The zero-order valence-corrected chi connectivity index (χ0v) is 13.2. The van der Waals surface area contributed by atoms with Crippen molar-refractivity contribution >= 4 is 17.6 Å². The van der Waals surface area contributed by atoms with Gasteiger partial charge in [-0.2, -0.15) is 5.26 Å². The third-order valence-electron chi connectivity index (χ3n) is 4.03. The largest absolute Gasteiger partial charge is 0.449 e. The highest BCUT2D eigenvalue weighted by Gasteiger charge is 2.29. The Morgan fingerprint density at radius 2 is 1.88 bits per heavy atom. The molecule has 2 aromatic carbocycles. The van der Waals surface area contributed by atoms with Gasteiger partial charge in [0, 0.05) is 12.2 Å².